The topological polar surface area (TPSA) is 77.8 Å². The standard InChI is InChI=1S/C6H9NO4/c8-4-1-5(9)7(2-4)3-6(10)11/h4,8H,1-3H2,(H,10,11)/t4-/m1/s1. The van der Waals surface area contributed by atoms with E-state index in [0.29, 0.717) is 0 Å². The Morgan fingerprint density at radius 3 is 2.73 bits per heavy atom. The molecule has 11 heavy (non-hydrogen) atoms. The fraction of sp³-hybridized carbons (Fsp3) is 0.667. The van der Waals surface area contributed by atoms with Crippen LogP contribution in [0.3, 0.4) is 0 Å². The molecular formula is C6H9NO4. The van der Waals surface area contributed by atoms with Crippen LogP contribution < -0.4 is 0 Å². The van der Waals surface area contributed by atoms with E-state index in [-0.39, 0.29) is 25.4 Å². The minimum absolute atomic E-state index is 0.0489. The maximum atomic E-state index is 10.8. The number of aliphatic hydroxyl groups is 1. The van der Waals surface area contributed by atoms with E-state index in [9.17, 15) is 9.59 Å². The number of carbonyl (C=O) groups excluding carboxylic acids is 1. The molecule has 5 heteroatoms. The summed E-state index contributed by atoms with van der Waals surface area (Å²) in [4.78, 5) is 22.1. The van der Waals surface area contributed by atoms with Crippen LogP contribution in [-0.4, -0.2) is 46.2 Å². The van der Waals surface area contributed by atoms with Gasteiger partial charge in [0.15, 0.2) is 0 Å². The minimum atomic E-state index is -1.05. The van der Waals surface area contributed by atoms with E-state index in [1.807, 2.05) is 0 Å². The van der Waals surface area contributed by atoms with Gasteiger partial charge in [0, 0.05) is 6.54 Å². The average molecular weight is 159 g/mol. The van der Waals surface area contributed by atoms with Crippen LogP contribution in [0.15, 0.2) is 0 Å². The minimum Gasteiger partial charge on any atom is -0.480 e. The van der Waals surface area contributed by atoms with Crippen molar-refractivity contribution in [1.29, 1.82) is 0 Å². The first kappa shape index (κ1) is 8.00. The molecule has 0 bridgehead atoms. The number of nitrogens with zero attached hydrogens (tertiary/aromatic N) is 1. The normalized spacial score (nSPS) is 24.3. The van der Waals surface area contributed by atoms with Gasteiger partial charge in [0.2, 0.25) is 5.91 Å². The molecule has 62 valence electrons. The number of likely N-dealkylation sites (tertiary alicyclic amines) is 1. The molecular weight excluding hydrogens is 150 g/mol. The Hall–Kier alpha value is -1.10. The molecule has 0 spiro atoms. The SMILES string of the molecule is O=C(O)CN1C[C@H](O)CC1=O. The zero-order valence-corrected chi connectivity index (χ0v) is 5.86. The third kappa shape index (κ3) is 1.91. The van der Waals surface area contributed by atoms with Gasteiger partial charge < -0.3 is 15.1 Å². The number of carboxylic acid groups (broad SMARTS) is 1. The van der Waals surface area contributed by atoms with E-state index in [1.165, 1.54) is 0 Å². The second kappa shape index (κ2) is 2.87. The number of aliphatic hydroxyl groups excluding tert-OH is 1. The molecule has 2 N–H and O–H groups in total. The summed E-state index contributed by atoms with van der Waals surface area (Å²) in [5.41, 5.74) is 0. The predicted molar refractivity (Wildman–Crippen MR) is 34.8 cm³/mol. The predicted octanol–water partition coefficient (Wildman–Crippen LogP) is -1.34. The van der Waals surface area contributed by atoms with Crippen LogP contribution in [0.1, 0.15) is 6.42 Å². The summed E-state index contributed by atoms with van der Waals surface area (Å²) >= 11 is 0. The van der Waals surface area contributed by atoms with Gasteiger partial charge in [-0.05, 0) is 0 Å². The van der Waals surface area contributed by atoms with Crippen molar-refractivity contribution in [1.82, 2.24) is 4.90 Å². The summed E-state index contributed by atoms with van der Waals surface area (Å²) in [6.07, 6.45) is -0.644. The van der Waals surface area contributed by atoms with Gasteiger partial charge in [0.05, 0.1) is 12.5 Å². The Kier molecular flexibility index (Phi) is 2.09. The zero-order chi connectivity index (χ0) is 8.43. The molecule has 1 aliphatic heterocycles. The number of β-amino-alcohol motifs (C(OH)–C–C–N with tert-alkyl or cyclic N) is 1. The van der Waals surface area contributed by atoms with Gasteiger partial charge in [-0.25, -0.2) is 0 Å². The first-order chi connectivity index (χ1) is 5.09. The van der Waals surface area contributed by atoms with Crippen molar-refractivity contribution in [3.05, 3.63) is 0 Å². The van der Waals surface area contributed by atoms with Gasteiger partial charge in [-0.1, -0.05) is 0 Å². The first-order valence-corrected chi connectivity index (χ1v) is 3.27. The summed E-state index contributed by atoms with van der Waals surface area (Å²) in [7, 11) is 0. The highest BCUT2D eigenvalue weighted by molar-refractivity contribution is 5.83. The van der Waals surface area contributed by atoms with Crippen LogP contribution in [0.2, 0.25) is 0 Å². The van der Waals surface area contributed by atoms with Crippen molar-refractivity contribution < 1.29 is 19.8 Å². The maximum Gasteiger partial charge on any atom is 0.323 e. The fourth-order valence-corrected chi connectivity index (χ4v) is 1.07. The average Bonchev–Trinajstić information content (AvgIpc) is 2.09. The molecule has 0 aromatic carbocycles. The van der Waals surface area contributed by atoms with Gasteiger partial charge >= 0.3 is 5.97 Å². The zero-order valence-electron chi connectivity index (χ0n) is 5.86. The first-order valence-electron chi connectivity index (χ1n) is 3.27. The Balaban J connectivity index is 2.47. The van der Waals surface area contributed by atoms with Gasteiger partial charge in [-0.2, -0.15) is 0 Å². The van der Waals surface area contributed by atoms with Crippen LogP contribution in [0.4, 0.5) is 0 Å². The molecule has 1 atom stereocenters. The van der Waals surface area contributed by atoms with Crippen molar-refractivity contribution in [3.63, 3.8) is 0 Å². The van der Waals surface area contributed by atoms with Crippen LogP contribution in [0.5, 0.6) is 0 Å². The van der Waals surface area contributed by atoms with E-state index in [0.717, 1.165) is 4.90 Å². The summed E-state index contributed by atoms with van der Waals surface area (Å²) in [6.45, 7) is -0.166. The molecule has 1 heterocycles. The lowest BCUT2D eigenvalue weighted by atomic mass is 10.3. The molecule has 1 fully saturated rings. The summed E-state index contributed by atoms with van der Waals surface area (Å²) < 4.78 is 0. The van der Waals surface area contributed by atoms with Crippen LogP contribution in [0, 0.1) is 0 Å². The molecule has 0 aliphatic carbocycles. The summed E-state index contributed by atoms with van der Waals surface area (Å²) in [6, 6.07) is 0. The van der Waals surface area contributed by atoms with Crippen molar-refractivity contribution in [2.45, 2.75) is 12.5 Å². The van der Waals surface area contributed by atoms with E-state index >= 15 is 0 Å². The molecule has 0 aromatic heterocycles. The molecule has 0 saturated carbocycles. The third-order valence-corrected chi connectivity index (χ3v) is 1.52. The van der Waals surface area contributed by atoms with Crippen LogP contribution in [-0.2, 0) is 9.59 Å². The van der Waals surface area contributed by atoms with Crippen molar-refractivity contribution in [3.8, 4) is 0 Å². The van der Waals surface area contributed by atoms with E-state index in [1.54, 1.807) is 0 Å². The Labute approximate surface area is 63.2 Å². The Bertz CT molecular complexity index is 191. The highest BCUT2D eigenvalue weighted by Crippen LogP contribution is 2.09. The number of aliphatic carboxylic acids is 1. The van der Waals surface area contributed by atoms with Crippen molar-refractivity contribution in [2.24, 2.45) is 0 Å². The van der Waals surface area contributed by atoms with Gasteiger partial charge in [-0.15, -0.1) is 0 Å². The molecule has 1 amide bonds. The van der Waals surface area contributed by atoms with Gasteiger partial charge in [0.25, 0.3) is 0 Å². The number of amides is 1. The third-order valence-electron chi connectivity index (χ3n) is 1.52. The molecule has 0 radical (unpaired) electrons. The molecule has 1 aliphatic rings. The molecule has 0 aromatic rings. The van der Waals surface area contributed by atoms with Crippen molar-refractivity contribution in [2.75, 3.05) is 13.1 Å². The lowest BCUT2D eigenvalue weighted by molar-refractivity contribution is -0.142. The number of hydrogen-bond donors (Lipinski definition) is 2. The molecule has 5 nitrogen and oxygen atoms in total. The highest BCUT2D eigenvalue weighted by atomic mass is 16.4. The molecule has 1 saturated heterocycles. The summed E-state index contributed by atoms with van der Waals surface area (Å²) in [5, 5.41) is 17.2. The molecule has 0 unspecified atom stereocenters. The lowest BCUT2D eigenvalue weighted by Gasteiger charge is -2.11. The summed E-state index contributed by atoms with van der Waals surface area (Å²) in [5.74, 6) is -1.34. The second-order valence-electron chi connectivity index (χ2n) is 2.53. The second-order valence-corrected chi connectivity index (χ2v) is 2.53. The number of rotatable bonds is 2. The Morgan fingerprint density at radius 1 is 1.73 bits per heavy atom. The quantitative estimate of drug-likeness (QED) is 0.523. The van der Waals surface area contributed by atoms with E-state index in [2.05, 4.69) is 0 Å². The smallest absolute Gasteiger partial charge is 0.323 e. The number of carbonyl (C=O) groups is 2. The van der Waals surface area contributed by atoms with Gasteiger partial charge in [0.1, 0.15) is 6.54 Å². The maximum absolute atomic E-state index is 10.8. The van der Waals surface area contributed by atoms with E-state index < -0.39 is 12.1 Å². The number of carboxylic acids is 1. The molecule has 1 rings (SSSR count). The fourth-order valence-electron chi connectivity index (χ4n) is 1.07. The number of hydrogen-bond acceptors (Lipinski definition) is 3. The van der Waals surface area contributed by atoms with E-state index in [4.69, 9.17) is 10.2 Å². The van der Waals surface area contributed by atoms with Crippen molar-refractivity contribution >= 4 is 11.9 Å². The highest BCUT2D eigenvalue weighted by Gasteiger charge is 2.28. The Morgan fingerprint density at radius 2 is 2.36 bits per heavy atom. The van der Waals surface area contributed by atoms with Crippen LogP contribution in [0.25, 0.3) is 0 Å². The monoisotopic (exact) mass is 159 g/mol. The van der Waals surface area contributed by atoms with Crippen LogP contribution >= 0.6 is 0 Å². The largest absolute Gasteiger partial charge is 0.480 e. The lowest BCUT2D eigenvalue weighted by Crippen LogP contribution is -2.31. The van der Waals surface area contributed by atoms with Gasteiger partial charge in [-0.3, -0.25) is 9.59 Å².